The monoisotopic (exact) mass is 274 g/mol. The van der Waals surface area contributed by atoms with Crippen molar-refractivity contribution in [2.75, 3.05) is 6.54 Å². The Kier molecular flexibility index (Phi) is 4.81. The van der Waals surface area contributed by atoms with Gasteiger partial charge in [-0.1, -0.05) is 44.2 Å². The lowest BCUT2D eigenvalue weighted by Gasteiger charge is -2.29. The van der Waals surface area contributed by atoms with Crippen molar-refractivity contribution >= 4 is 5.91 Å². The van der Waals surface area contributed by atoms with Crippen LogP contribution in [0, 0.1) is 0 Å². The van der Waals surface area contributed by atoms with Gasteiger partial charge in [-0.2, -0.15) is 0 Å². The second-order valence-electron chi connectivity index (χ2n) is 6.58. The Hall–Kier alpha value is -1.35. The van der Waals surface area contributed by atoms with Crippen molar-refractivity contribution in [1.29, 1.82) is 0 Å². The van der Waals surface area contributed by atoms with Gasteiger partial charge in [0.25, 0.3) is 0 Å². The molecule has 1 aromatic rings. The zero-order valence-corrected chi connectivity index (χ0v) is 12.8. The van der Waals surface area contributed by atoms with Gasteiger partial charge in [-0.25, -0.2) is 0 Å². The minimum absolute atomic E-state index is 0.112. The summed E-state index contributed by atoms with van der Waals surface area (Å²) in [6, 6.07) is 11.3. The van der Waals surface area contributed by atoms with Crippen molar-refractivity contribution in [2.24, 2.45) is 0 Å². The summed E-state index contributed by atoms with van der Waals surface area (Å²) >= 11 is 0. The van der Waals surface area contributed by atoms with Crippen LogP contribution in [0.4, 0.5) is 0 Å². The summed E-state index contributed by atoms with van der Waals surface area (Å²) in [5.74, 6) is 0.122. The van der Waals surface area contributed by atoms with Crippen LogP contribution < -0.4 is 10.6 Å². The molecule has 3 nitrogen and oxygen atoms in total. The van der Waals surface area contributed by atoms with Gasteiger partial charge in [0.05, 0.1) is 6.54 Å². The Balaban J connectivity index is 1.77. The van der Waals surface area contributed by atoms with Crippen molar-refractivity contribution < 1.29 is 4.79 Å². The fourth-order valence-corrected chi connectivity index (χ4v) is 2.62. The molecule has 0 bridgehead atoms. The van der Waals surface area contributed by atoms with Crippen LogP contribution in [-0.2, 0) is 10.2 Å². The molecule has 0 aliphatic heterocycles. The van der Waals surface area contributed by atoms with Crippen LogP contribution >= 0.6 is 0 Å². The predicted octanol–water partition coefficient (Wildman–Crippen LogP) is 2.61. The predicted molar refractivity (Wildman–Crippen MR) is 82.7 cm³/mol. The van der Waals surface area contributed by atoms with Crippen LogP contribution in [0.25, 0.3) is 0 Å². The number of amides is 1. The first kappa shape index (κ1) is 15.0. The number of carbonyl (C=O) groups is 1. The van der Waals surface area contributed by atoms with Gasteiger partial charge in [-0.15, -0.1) is 0 Å². The second-order valence-corrected chi connectivity index (χ2v) is 6.58. The van der Waals surface area contributed by atoms with Gasteiger partial charge < -0.3 is 10.6 Å². The standard InChI is InChI=1S/C17H26N2O/c1-13(18-12-16(20)19-15-9-10-15)11-17(2,3)14-7-5-4-6-8-14/h4-8,13,15,18H,9-12H2,1-3H3,(H,19,20). The van der Waals surface area contributed by atoms with Crippen LogP contribution in [0.15, 0.2) is 30.3 Å². The molecular weight excluding hydrogens is 248 g/mol. The first-order valence-corrected chi connectivity index (χ1v) is 7.55. The van der Waals surface area contributed by atoms with Gasteiger partial charge in [0.2, 0.25) is 5.91 Å². The molecule has 1 fully saturated rings. The fourth-order valence-electron chi connectivity index (χ4n) is 2.62. The Morgan fingerprint density at radius 2 is 1.95 bits per heavy atom. The Bertz CT molecular complexity index is 438. The largest absolute Gasteiger partial charge is 0.352 e. The van der Waals surface area contributed by atoms with E-state index in [1.165, 1.54) is 5.56 Å². The third-order valence-electron chi connectivity index (χ3n) is 3.93. The van der Waals surface area contributed by atoms with Gasteiger partial charge in [-0.05, 0) is 37.2 Å². The molecule has 1 amide bonds. The summed E-state index contributed by atoms with van der Waals surface area (Å²) in [5.41, 5.74) is 1.46. The first-order valence-electron chi connectivity index (χ1n) is 7.55. The SMILES string of the molecule is CC(CC(C)(C)c1ccccc1)NCC(=O)NC1CC1. The zero-order chi connectivity index (χ0) is 14.6. The average molecular weight is 274 g/mol. The Morgan fingerprint density at radius 1 is 1.30 bits per heavy atom. The highest BCUT2D eigenvalue weighted by atomic mass is 16.2. The third kappa shape index (κ3) is 4.64. The topological polar surface area (TPSA) is 41.1 Å². The Morgan fingerprint density at radius 3 is 2.55 bits per heavy atom. The minimum atomic E-state index is 0.112. The summed E-state index contributed by atoms with van der Waals surface area (Å²) < 4.78 is 0. The Labute approximate surface area is 122 Å². The summed E-state index contributed by atoms with van der Waals surface area (Å²) in [5, 5.41) is 6.33. The van der Waals surface area contributed by atoms with Gasteiger partial charge >= 0.3 is 0 Å². The second kappa shape index (κ2) is 6.40. The normalized spacial score (nSPS) is 16.8. The molecule has 3 heteroatoms. The molecule has 20 heavy (non-hydrogen) atoms. The van der Waals surface area contributed by atoms with Crippen LogP contribution in [0.5, 0.6) is 0 Å². The molecule has 2 rings (SSSR count). The van der Waals surface area contributed by atoms with Crippen LogP contribution in [0.2, 0.25) is 0 Å². The number of carbonyl (C=O) groups excluding carboxylic acids is 1. The van der Waals surface area contributed by atoms with Crippen molar-refractivity contribution in [3.8, 4) is 0 Å². The maximum Gasteiger partial charge on any atom is 0.234 e. The molecule has 0 aromatic heterocycles. The highest BCUT2D eigenvalue weighted by Gasteiger charge is 2.25. The molecule has 1 aliphatic rings. The lowest BCUT2D eigenvalue weighted by atomic mass is 9.79. The zero-order valence-electron chi connectivity index (χ0n) is 12.8. The molecule has 0 radical (unpaired) electrons. The van der Waals surface area contributed by atoms with Crippen molar-refractivity contribution in [3.05, 3.63) is 35.9 Å². The van der Waals surface area contributed by atoms with Crippen molar-refractivity contribution in [2.45, 2.75) is 57.5 Å². The van der Waals surface area contributed by atoms with E-state index < -0.39 is 0 Å². The number of rotatable bonds is 7. The maximum atomic E-state index is 11.7. The summed E-state index contributed by atoms with van der Waals surface area (Å²) in [6.45, 7) is 7.08. The van der Waals surface area contributed by atoms with Gasteiger partial charge in [0.15, 0.2) is 0 Å². The van der Waals surface area contributed by atoms with E-state index >= 15 is 0 Å². The van der Waals surface area contributed by atoms with Gasteiger partial charge in [0, 0.05) is 12.1 Å². The molecule has 1 unspecified atom stereocenters. The van der Waals surface area contributed by atoms with Crippen LogP contribution in [0.1, 0.15) is 45.6 Å². The maximum absolute atomic E-state index is 11.7. The third-order valence-corrected chi connectivity index (χ3v) is 3.93. The van der Waals surface area contributed by atoms with E-state index in [-0.39, 0.29) is 11.3 Å². The summed E-state index contributed by atoms with van der Waals surface area (Å²) in [7, 11) is 0. The quantitative estimate of drug-likeness (QED) is 0.802. The van der Waals surface area contributed by atoms with E-state index in [9.17, 15) is 4.79 Å². The van der Waals surface area contributed by atoms with Crippen LogP contribution in [-0.4, -0.2) is 24.5 Å². The first-order chi connectivity index (χ1) is 9.47. The molecule has 1 aliphatic carbocycles. The van der Waals surface area contributed by atoms with Crippen LogP contribution in [0.3, 0.4) is 0 Å². The van der Waals surface area contributed by atoms with Crippen molar-refractivity contribution in [1.82, 2.24) is 10.6 Å². The highest BCUT2D eigenvalue weighted by Crippen LogP contribution is 2.28. The van der Waals surface area contributed by atoms with E-state index in [2.05, 4.69) is 55.7 Å². The molecule has 0 spiro atoms. The molecule has 0 heterocycles. The smallest absolute Gasteiger partial charge is 0.234 e. The van der Waals surface area contributed by atoms with E-state index in [1.807, 2.05) is 6.07 Å². The molecule has 1 atom stereocenters. The molecule has 1 saturated carbocycles. The number of benzene rings is 1. The molecule has 0 saturated heterocycles. The van der Waals surface area contributed by atoms with Crippen molar-refractivity contribution in [3.63, 3.8) is 0 Å². The number of nitrogens with one attached hydrogen (secondary N) is 2. The van der Waals surface area contributed by atoms with E-state index in [1.54, 1.807) is 0 Å². The highest BCUT2D eigenvalue weighted by molar-refractivity contribution is 5.78. The minimum Gasteiger partial charge on any atom is -0.352 e. The fraction of sp³-hybridized carbons (Fsp3) is 0.588. The number of hydrogen-bond acceptors (Lipinski definition) is 2. The molecular formula is C17H26N2O. The van der Waals surface area contributed by atoms with E-state index in [0.29, 0.717) is 18.6 Å². The van der Waals surface area contributed by atoms with Gasteiger partial charge in [0.1, 0.15) is 0 Å². The molecule has 2 N–H and O–H groups in total. The lowest BCUT2D eigenvalue weighted by Crippen LogP contribution is -2.41. The molecule has 110 valence electrons. The lowest BCUT2D eigenvalue weighted by molar-refractivity contribution is -0.120. The summed E-state index contributed by atoms with van der Waals surface area (Å²) in [6.07, 6.45) is 3.29. The average Bonchev–Trinajstić information content (AvgIpc) is 3.21. The molecule has 1 aromatic carbocycles. The van der Waals surface area contributed by atoms with Gasteiger partial charge in [-0.3, -0.25) is 4.79 Å². The number of hydrogen-bond donors (Lipinski definition) is 2. The van der Waals surface area contributed by atoms with E-state index in [4.69, 9.17) is 0 Å². The summed E-state index contributed by atoms with van der Waals surface area (Å²) in [4.78, 5) is 11.7. The van der Waals surface area contributed by atoms with E-state index in [0.717, 1.165) is 19.3 Å².